The molecule has 0 saturated heterocycles. The van der Waals surface area contributed by atoms with Crippen LogP contribution in [-0.2, 0) is 26.8 Å². The van der Waals surface area contributed by atoms with E-state index in [0.717, 1.165) is 42.1 Å². The highest BCUT2D eigenvalue weighted by atomic mass is 32.2. The van der Waals surface area contributed by atoms with E-state index >= 15 is 0 Å². The van der Waals surface area contributed by atoms with Gasteiger partial charge in [0.05, 0.1) is 11.9 Å². The number of hydrogen-bond acceptors (Lipinski definition) is 4. The number of nitrogens with one attached hydrogen (secondary N) is 1. The van der Waals surface area contributed by atoms with Gasteiger partial charge in [0.2, 0.25) is 15.9 Å². The molecule has 0 spiro atoms. The van der Waals surface area contributed by atoms with Gasteiger partial charge in [-0.3, -0.25) is 9.10 Å². The first-order valence-corrected chi connectivity index (χ1v) is 15.7. The van der Waals surface area contributed by atoms with Crippen LogP contribution in [-0.4, -0.2) is 40.2 Å². The van der Waals surface area contributed by atoms with E-state index in [9.17, 15) is 13.2 Å². The maximum Gasteiger partial charge on any atom is 0.241 e. The van der Waals surface area contributed by atoms with Crippen LogP contribution in [0.4, 0.5) is 11.4 Å². The molecule has 0 aromatic heterocycles. The van der Waals surface area contributed by atoms with Gasteiger partial charge in [-0.15, -0.1) is 0 Å². The van der Waals surface area contributed by atoms with Gasteiger partial charge in [-0.2, -0.15) is 0 Å². The Morgan fingerprint density at radius 1 is 0.865 bits per heavy atom. The van der Waals surface area contributed by atoms with E-state index < -0.39 is 10.0 Å². The Morgan fingerprint density at radius 3 is 1.86 bits per heavy atom. The smallest absolute Gasteiger partial charge is 0.241 e. The fraction of sp³-hybridized carbons (Fsp3) is 0.567. The van der Waals surface area contributed by atoms with Crippen molar-refractivity contribution >= 4 is 27.3 Å². The summed E-state index contributed by atoms with van der Waals surface area (Å²) in [5, 5.41) is 2.89. The van der Waals surface area contributed by atoms with Crippen molar-refractivity contribution in [1.29, 1.82) is 0 Å². The molecule has 4 fully saturated rings. The maximum absolute atomic E-state index is 12.8. The lowest BCUT2D eigenvalue weighted by molar-refractivity contribution is -0.119. The Kier molecular flexibility index (Phi) is 7.27. The minimum atomic E-state index is -3.61. The van der Waals surface area contributed by atoms with Crippen LogP contribution in [0.25, 0.3) is 0 Å². The summed E-state index contributed by atoms with van der Waals surface area (Å²) in [6.07, 6.45) is 9.17. The van der Waals surface area contributed by atoms with Crippen LogP contribution in [0.2, 0.25) is 0 Å². The first-order chi connectivity index (χ1) is 17.7. The van der Waals surface area contributed by atoms with Crippen LogP contribution in [0, 0.1) is 17.8 Å². The van der Waals surface area contributed by atoms with E-state index in [4.69, 9.17) is 0 Å². The fourth-order valence-electron chi connectivity index (χ4n) is 7.65. The van der Waals surface area contributed by atoms with Crippen molar-refractivity contribution in [3.8, 4) is 0 Å². The molecule has 1 amide bonds. The average Bonchev–Trinajstić information content (AvgIpc) is 2.86. The first kappa shape index (κ1) is 26.1. The lowest BCUT2D eigenvalue weighted by Crippen LogP contribution is -2.48. The molecule has 1 N–H and O–H groups in total. The molecule has 2 aromatic carbocycles. The second-order valence-electron chi connectivity index (χ2n) is 11.6. The Labute approximate surface area is 222 Å². The number of rotatable bonds is 10. The van der Waals surface area contributed by atoms with E-state index in [2.05, 4.69) is 48.3 Å². The number of nitrogens with zero attached hydrogens (tertiary/aromatic N) is 2. The molecule has 4 saturated carbocycles. The van der Waals surface area contributed by atoms with E-state index in [1.54, 1.807) is 0 Å². The predicted octanol–water partition coefficient (Wildman–Crippen LogP) is 5.08. The quantitative estimate of drug-likeness (QED) is 0.471. The summed E-state index contributed by atoms with van der Waals surface area (Å²) in [5.74, 6) is 2.25. The van der Waals surface area contributed by atoms with Crippen molar-refractivity contribution in [1.82, 2.24) is 5.32 Å². The number of hydrogen-bond donors (Lipinski definition) is 1. The average molecular weight is 524 g/mol. The molecule has 0 atom stereocenters. The summed E-state index contributed by atoms with van der Waals surface area (Å²) in [6.45, 7) is 6.27. The third kappa shape index (κ3) is 5.52. The zero-order valence-electron chi connectivity index (χ0n) is 22.4. The zero-order valence-corrected chi connectivity index (χ0v) is 23.3. The summed E-state index contributed by atoms with van der Waals surface area (Å²) < 4.78 is 26.5. The van der Waals surface area contributed by atoms with Gasteiger partial charge in [0.1, 0.15) is 6.54 Å². The number of carbonyl (C=O) groups excluding carboxylic acids is 1. The van der Waals surface area contributed by atoms with E-state index in [1.165, 1.54) is 54.6 Å². The molecule has 0 unspecified atom stereocenters. The lowest BCUT2D eigenvalue weighted by atomic mass is 9.48. The van der Waals surface area contributed by atoms with Crippen molar-refractivity contribution in [2.75, 3.05) is 35.1 Å². The Morgan fingerprint density at radius 2 is 1.38 bits per heavy atom. The molecular weight excluding hydrogens is 482 g/mol. The highest BCUT2D eigenvalue weighted by Gasteiger charge is 2.51. The number of sulfonamides is 1. The summed E-state index contributed by atoms with van der Waals surface area (Å²) in [4.78, 5) is 15.1. The van der Waals surface area contributed by atoms with Crippen LogP contribution in [0.15, 0.2) is 48.5 Å². The number of anilines is 2. The normalized spacial score (nSPS) is 26.2. The number of amides is 1. The van der Waals surface area contributed by atoms with Gasteiger partial charge in [0.25, 0.3) is 0 Å². The Bertz CT molecular complexity index is 1170. The number of carbonyl (C=O) groups is 1. The van der Waals surface area contributed by atoms with Crippen LogP contribution in [0.5, 0.6) is 0 Å². The third-order valence-corrected chi connectivity index (χ3v) is 10.2. The molecule has 4 bridgehead atoms. The summed E-state index contributed by atoms with van der Waals surface area (Å²) >= 11 is 0. The Hall–Kier alpha value is -2.54. The van der Waals surface area contributed by atoms with Gasteiger partial charge in [0.15, 0.2) is 0 Å². The summed E-state index contributed by atoms with van der Waals surface area (Å²) in [6, 6.07) is 16.2. The van der Waals surface area contributed by atoms with Gasteiger partial charge in [-0.1, -0.05) is 24.3 Å². The van der Waals surface area contributed by atoms with Crippen molar-refractivity contribution < 1.29 is 13.2 Å². The van der Waals surface area contributed by atoms with Gasteiger partial charge < -0.3 is 10.2 Å². The van der Waals surface area contributed by atoms with Crippen molar-refractivity contribution in [3.05, 3.63) is 59.7 Å². The predicted molar refractivity (Wildman–Crippen MR) is 150 cm³/mol. The molecule has 200 valence electrons. The molecule has 4 aliphatic rings. The number of benzene rings is 2. The Balaban J connectivity index is 1.24. The van der Waals surface area contributed by atoms with Crippen LogP contribution < -0.4 is 14.5 Å². The largest absolute Gasteiger partial charge is 0.372 e. The van der Waals surface area contributed by atoms with Crippen molar-refractivity contribution in [3.63, 3.8) is 0 Å². The standard InChI is InChI=1S/C30H41N3O3S/c1-4-32(5-2)27-10-6-22(7-11-27)20-31-29(34)21-33(37(3,35)36)28-12-8-26(9-13-28)30-17-23-14-24(18-30)16-25(15-23)19-30/h6-13,23-25H,4-5,14-21H2,1-3H3,(H,31,34). The molecule has 0 aliphatic heterocycles. The lowest BCUT2D eigenvalue weighted by Gasteiger charge is -2.57. The molecular formula is C30H41N3O3S. The highest BCUT2D eigenvalue weighted by molar-refractivity contribution is 7.92. The molecule has 6 rings (SSSR count). The van der Waals surface area contributed by atoms with Gasteiger partial charge >= 0.3 is 0 Å². The van der Waals surface area contributed by atoms with E-state index in [0.29, 0.717) is 12.2 Å². The summed E-state index contributed by atoms with van der Waals surface area (Å²) in [5.41, 5.74) is 4.30. The SMILES string of the molecule is CCN(CC)c1ccc(CNC(=O)CN(c2ccc(C34CC5CC(CC(C5)C3)C4)cc2)S(C)(=O)=O)cc1. The first-order valence-electron chi connectivity index (χ1n) is 13.9. The topological polar surface area (TPSA) is 69.7 Å². The maximum atomic E-state index is 12.8. The highest BCUT2D eigenvalue weighted by Crippen LogP contribution is 2.60. The molecule has 7 heteroatoms. The van der Waals surface area contributed by atoms with Crippen LogP contribution in [0.1, 0.15) is 63.5 Å². The van der Waals surface area contributed by atoms with Gasteiger partial charge in [0, 0.05) is 25.3 Å². The second kappa shape index (κ2) is 10.3. The fourth-order valence-corrected chi connectivity index (χ4v) is 8.50. The van der Waals surface area contributed by atoms with E-state index in [-0.39, 0.29) is 17.9 Å². The zero-order chi connectivity index (χ0) is 26.2. The minimum absolute atomic E-state index is 0.229. The molecule has 37 heavy (non-hydrogen) atoms. The molecule has 6 nitrogen and oxygen atoms in total. The third-order valence-electron chi connectivity index (χ3n) is 9.05. The second-order valence-corrected chi connectivity index (χ2v) is 13.5. The van der Waals surface area contributed by atoms with Crippen molar-refractivity contribution in [2.45, 2.75) is 64.3 Å². The molecule has 2 aromatic rings. The van der Waals surface area contributed by atoms with E-state index in [1.807, 2.05) is 24.3 Å². The van der Waals surface area contributed by atoms with Gasteiger partial charge in [-0.25, -0.2) is 8.42 Å². The molecule has 0 heterocycles. The summed E-state index contributed by atoms with van der Waals surface area (Å²) in [7, 11) is -3.61. The molecule has 0 radical (unpaired) electrons. The van der Waals surface area contributed by atoms with Crippen LogP contribution in [0.3, 0.4) is 0 Å². The molecule has 4 aliphatic carbocycles. The van der Waals surface area contributed by atoms with Gasteiger partial charge in [-0.05, 0) is 111 Å². The van der Waals surface area contributed by atoms with Crippen molar-refractivity contribution in [2.24, 2.45) is 17.8 Å². The monoisotopic (exact) mass is 523 g/mol. The minimum Gasteiger partial charge on any atom is -0.372 e. The van der Waals surface area contributed by atoms with Crippen LogP contribution >= 0.6 is 0 Å².